The molecule has 0 aliphatic carbocycles. The lowest BCUT2D eigenvalue weighted by Crippen LogP contribution is -2.42. The largest absolute Gasteiger partial charge is 0.375 e. The van der Waals surface area contributed by atoms with E-state index in [2.05, 4.69) is 15.6 Å². The Morgan fingerprint density at radius 2 is 2.04 bits per heavy atom. The molecule has 6 nitrogen and oxygen atoms in total. The number of hydrogen-bond acceptors (Lipinski definition) is 4. The summed E-state index contributed by atoms with van der Waals surface area (Å²) in [4.78, 5) is 5.82. The third-order valence-electron chi connectivity index (χ3n) is 3.48. The molecule has 0 saturated carbocycles. The zero-order valence-electron chi connectivity index (χ0n) is 14.9. The molecular weight excluding hydrogens is 331 g/mol. The minimum absolute atomic E-state index is 0.0428. The van der Waals surface area contributed by atoms with Crippen molar-refractivity contribution in [2.75, 3.05) is 38.1 Å². The van der Waals surface area contributed by atoms with Gasteiger partial charge in [0.25, 0.3) is 0 Å². The number of rotatable bonds is 7. The van der Waals surface area contributed by atoms with Crippen molar-refractivity contribution >= 4 is 21.5 Å². The molecule has 136 valence electrons. The van der Waals surface area contributed by atoms with Crippen LogP contribution in [0.25, 0.3) is 0 Å². The molecule has 0 saturated heterocycles. The summed E-state index contributed by atoms with van der Waals surface area (Å²) in [7, 11) is 2.24. The molecule has 1 atom stereocenters. The Balaban J connectivity index is 2.56. The summed E-state index contributed by atoms with van der Waals surface area (Å²) in [6.07, 6.45) is 1.71. The van der Waals surface area contributed by atoms with Crippen molar-refractivity contribution in [3.05, 3.63) is 29.6 Å². The molecule has 0 amide bonds. The predicted octanol–water partition coefficient (Wildman–Crippen LogP) is 1.38. The summed E-state index contributed by atoms with van der Waals surface area (Å²) < 4.78 is 36.4. The van der Waals surface area contributed by atoms with E-state index >= 15 is 0 Å². The van der Waals surface area contributed by atoms with Crippen molar-refractivity contribution in [2.24, 2.45) is 4.99 Å². The Morgan fingerprint density at radius 1 is 1.38 bits per heavy atom. The molecule has 0 radical (unpaired) electrons. The molecule has 0 fully saturated rings. The lowest BCUT2D eigenvalue weighted by molar-refractivity contribution is 0.581. The molecule has 1 unspecified atom stereocenters. The van der Waals surface area contributed by atoms with Gasteiger partial charge in [0.15, 0.2) is 5.96 Å². The highest BCUT2D eigenvalue weighted by molar-refractivity contribution is 7.90. The van der Waals surface area contributed by atoms with E-state index in [0.717, 1.165) is 5.56 Å². The van der Waals surface area contributed by atoms with E-state index in [1.807, 2.05) is 13.0 Å². The van der Waals surface area contributed by atoms with Crippen molar-refractivity contribution in [1.29, 1.82) is 0 Å². The quantitative estimate of drug-likeness (QED) is 0.569. The van der Waals surface area contributed by atoms with Gasteiger partial charge < -0.3 is 15.5 Å². The summed E-state index contributed by atoms with van der Waals surface area (Å²) in [5.74, 6) is 0.395. The highest BCUT2D eigenvalue weighted by Crippen LogP contribution is 2.18. The zero-order chi connectivity index (χ0) is 18.3. The number of hydrogen-bond donors (Lipinski definition) is 2. The highest BCUT2D eigenvalue weighted by atomic mass is 32.2. The Bertz CT molecular complexity index is 675. The molecule has 8 heteroatoms. The van der Waals surface area contributed by atoms with Gasteiger partial charge in [0.1, 0.15) is 15.7 Å². The van der Waals surface area contributed by atoms with E-state index in [4.69, 9.17) is 0 Å². The minimum Gasteiger partial charge on any atom is -0.375 e. The summed E-state index contributed by atoms with van der Waals surface area (Å²) in [5.41, 5.74) is 1.33. The molecule has 1 aromatic carbocycles. The van der Waals surface area contributed by atoms with Crippen molar-refractivity contribution < 1.29 is 12.8 Å². The lowest BCUT2D eigenvalue weighted by atomic mass is 10.2. The number of nitrogens with zero attached hydrogens (tertiary/aromatic N) is 2. The number of halogens is 1. The second kappa shape index (κ2) is 8.86. The normalized spacial score (nSPS) is 13.5. The SMILES string of the molecule is CN=C(NCc1ccc(N(C)C)c(F)c1)NC(C)CCS(C)(=O)=O. The van der Waals surface area contributed by atoms with E-state index in [1.165, 1.54) is 12.3 Å². The van der Waals surface area contributed by atoms with E-state index in [0.29, 0.717) is 24.6 Å². The van der Waals surface area contributed by atoms with Crippen molar-refractivity contribution in [3.8, 4) is 0 Å². The molecule has 0 spiro atoms. The van der Waals surface area contributed by atoms with Crippen molar-refractivity contribution in [1.82, 2.24) is 10.6 Å². The van der Waals surface area contributed by atoms with Gasteiger partial charge in [0.2, 0.25) is 0 Å². The molecule has 0 bridgehead atoms. The average Bonchev–Trinajstić information content (AvgIpc) is 2.48. The van der Waals surface area contributed by atoms with Gasteiger partial charge in [-0.3, -0.25) is 4.99 Å². The summed E-state index contributed by atoms with van der Waals surface area (Å²) in [6.45, 7) is 2.31. The molecule has 2 N–H and O–H groups in total. The third-order valence-corrected chi connectivity index (χ3v) is 4.46. The van der Waals surface area contributed by atoms with Crippen LogP contribution in [0, 0.1) is 5.82 Å². The van der Waals surface area contributed by atoms with Gasteiger partial charge in [-0.2, -0.15) is 0 Å². The van der Waals surface area contributed by atoms with Gasteiger partial charge in [-0.1, -0.05) is 6.07 Å². The van der Waals surface area contributed by atoms with Crippen molar-refractivity contribution in [3.63, 3.8) is 0 Å². The fraction of sp³-hybridized carbons (Fsp3) is 0.562. The Labute approximate surface area is 144 Å². The van der Waals surface area contributed by atoms with Crippen LogP contribution >= 0.6 is 0 Å². The van der Waals surface area contributed by atoms with Crippen LogP contribution in [-0.4, -0.2) is 53.6 Å². The molecule has 0 heterocycles. The predicted molar refractivity (Wildman–Crippen MR) is 97.9 cm³/mol. The summed E-state index contributed by atoms with van der Waals surface area (Å²) >= 11 is 0. The Morgan fingerprint density at radius 3 is 2.54 bits per heavy atom. The van der Waals surface area contributed by atoms with Crippen LogP contribution in [0.5, 0.6) is 0 Å². The summed E-state index contributed by atoms with van der Waals surface area (Å²) in [5, 5.41) is 6.23. The zero-order valence-corrected chi connectivity index (χ0v) is 15.7. The maximum Gasteiger partial charge on any atom is 0.191 e. The topological polar surface area (TPSA) is 73.8 Å². The number of anilines is 1. The van der Waals surface area contributed by atoms with Crippen LogP contribution in [0.4, 0.5) is 10.1 Å². The number of guanidine groups is 1. The second-order valence-corrected chi connectivity index (χ2v) is 8.33. The molecule has 0 aromatic heterocycles. The first-order valence-electron chi connectivity index (χ1n) is 7.73. The molecular formula is C16H27FN4O2S. The van der Waals surface area contributed by atoms with E-state index in [-0.39, 0.29) is 17.6 Å². The van der Waals surface area contributed by atoms with Crippen molar-refractivity contribution in [2.45, 2.75) is 25.9 Å². The number of aliphatic imine (C=N–C) groups is 1. The van der Waals surface area contributed by atoms with Crippen LogP contribution < -0.4 is 15.5 Å². The molecule has 1 aromatic rings. The number of nitrogens with one attached hydrogen (secondary N) is 2. The maximum atomic E-state index is 14.0. The molecule has 0 aliphatic rings. The number of sulfone groups is 1. The fourth-order valence-electron chi connectivity index (χ4n) is 2.10. The van der Waals surface area contributed by atoms with Gasteiger partial charge >= 0.3 is 0 Å². The van der Waals surface area contributed by atoms with Gasteiger partial charge in [0, 0.05) is 40.0 Å². The van der Waals surface area contributed by atoms with Crippen LogP contribution in [0.15, 0.2) is 23.2 Å². The smallest absolute Gasteiger partial charge is 0.191 e. The molecule has 1 rings (SSSR count). The lowest BCUT2D eigenvalue weighted by Gasteiger charge is -2.18. The Hall–Kier alpha value is -1.83. The van der Waals surface area contributed by atoms with Crippen LogP contribution in [-0.2, 0) is 16.4 Å². The van der Waals surface area contributed by atoms with E-state index < -0.39 is 9.84 Å². The van der Waals surface area contributed by atoms with E-state index in [1.54, 1.807) is 32.1 Å². The molecule has 24 heavy (non-hydrogen) atoms. The van der Waals surface area contributed by atoms with Gasteiger partial charge in [-0.05, 0) is 31.0 Å². The van der Waals surface area contributed by atoms with Gasteiger partial charge in [-0.15, -0.1) is 0 Å². The third kappa shape index (κ3) is 7.16. The first kappa shape index (κ1) is 20.2. The second-order valence-electron chi connectivity index (χ2n) is 6.07. The van der Waals surface area contributed by atoms with Gasteiger partial charge in [-0.25, -0.2) is 12.8 Å². The first-order valence-corrected chi connectivity index (χ1v) is 9.79. The van der Waals surface area contributed by atoms with Crippen LogP contribution in [0.1, 0.15) is 18.9 Å². The Kier molecular flexibility index (Phi) is 7.47. The standard InChI is InChI=1S/C16H27FN4O2S/c1-12(8-9-24(5,22)23)20-16(18-2)19-11-13-6-7-15(21(3)4)14(17)10-13/h6-7,10,12H,8-9,11H2,1-5H3,(H2,18,19,20). The summed E-state index contributed by atoms with van der Waals surface area (Å²) in [6, 6.07) is 5.03. The highest BCUT2D eigenvalue weighted by Gasteiger charge is 2.10. The average molecular weight is 358 g/mol. The first-order chi connectivity index (χ1) is 11.1. The fourth-order valence-corrected chi connectivity index (χ4v) is 2.88. The van der Waals surface area contributed by atoms with Crippen LogP contribution in [0.2, 0.25) is 0 Å². The monoisotopic (exact) mass is 358 g/mol. The van der Waals surface area contributed by atoms with E-state index in [9.17, 15) is 12.8 Å². The number of benzene rings is 1. The maximum absolute atomic E-state index is 14.0. The van der Waals surface area contributed by atoms with Gasteiger partial charge in [0.05, 0.1) is 11.4 Å². The van der Waals surface area contributed by atoms with Crippen LogP contribution in [0.3, 0.4) is 0 Å². The molecule has 0 aliphatic heterocycles. The minimum atomic E-state index is -2.98.